The van der Waals surface area contributed by atoms with Crippen molar-refractivity contribution in [2.75, 3.05) is 13.1 Å². The molecule has 0 saturated carbocycles. The lowest BCUT2D eigenvalue weighted by Gasteiger charge is -2.33. The van der Waals surface area contributed by atoms with Gasteiger partial charge in [0.2, 0.25) is 0 Å². The van der Waals surface area contributed by atoms with Gasteiger partial charge in [0.25, 0.3) is 11.6 Å². The summed E-state index contributed by atoms with van der Waals surface area (Å²) in [5.41, 5.74) is -3.43. The lowest BCUT2D eigenvalue weighted by Crippen LogP contribution is -2.70. The van der Waals surface area contributed by atoms with Crippen LogP contribution in [0.1, 0.15) is 0 Å². The van der Waals surface area contributed by atoms with Gasteiger partial charge in [0.1, 0.15) is 0 Å². The van der Waals surface area contributed by atoms with Crippen LogP contribution in [-0.4, -0.2) is 36.0 Å². The van der Waals surface area contributed by atoms with Crippen LogP contribution >= 0.6 is 0 Å². The van der Waals surface area contributed by atoms with Crippen LogP contribution in [0.25, 0.3) is 0 Å². The largest absolute Gasteiger partial charge is 0.440 e. The molecule has 0 bridgehead atoms. The summed E-state index contributed by atoms with van der Waals surface area (Å²) in [7, 11) is 0. The number of aliphatic hydroxyl groups is 1. The molecule has 4 nitrogen and oxygen atoms in total. The molecule has 1 rings (SSSR count). The fraction of sp³-hybridized carbons (Fsp3) is 0.800. The number of carbonyl (C=O) groups is 1. The maximum atomic E-state index is 12.0. The number of piperazine rings is 1. The Morgan fingerprint density at radius 2 is 2.00 bits per heavy atom. The lowest BCUT2D eigenvalue weighted by molar-refractivity contribution is -0.264. The van der Waals surface area contributed by atoms with Crippen LogP contribution < -0.4 is 10.6 Å². The van der Waals surface area contributed by atoms with Gasteiger partial charge < -0.3 is 10.4 Å². The standard InChI is InChI=1S/C5H7F3N2O2/c6-5(7,8)4(12)3(11)9-1-2-10-4/h10,12H,1-2H2,(H,9,11)/t4-/m1/s1. The maximum Gasteiger partial charge on any atom is 0.440 e. The Morgan fingerprint density at radius 1 is 1.42 bits per heavy atom. The average molecular weight is 184 g/mol. The first kappa shape index (κ1) is 9.27. The van der Waals surface area contributed by atoms with E-state index in [1.807, 2.05) is 5.32 Å². The highest BCUT2D eigenvalue weighted by Gasteiger charge is 2.60. The molecule has 0 aromatic rings. The van der Waals surface area contributed by atoms with Gasteiger partial charge in [-0.15, -0.1) is 0 Å². The van der Waals surface area contributed by atoms with Crippen molar-refractivity contribution in [1.29, 1.82) is 0 Å². The third kappa shape index (κ3) is 1.25. The SMILES string of the molecule is O=C1NCCN[C@]1(O)C(F)(F)F. The van der Waals surface area contributed by atoms with E-state index in [9.17, 15) is 18.0 Å². The molecule has 1 saturated heterocycles. The van der Waals surface area contributed by atoms with Crippen LogP contribution in [0.5, 0.6) is 0 Å². The van der Waals surface area contributed by atoms with Gasteiger partial charge in [0.15, 0.2) is 0 Å². The summed E-state index contributed by atoms with van der Waals surface area (Å²) < 4.78 is 36.0. The first-order valence-electron chi connectivity index (χ1n) is 3.20. The van der Waals surface area contributed by atoms with Crippen molar-refractivity contribution in [3.8, 4) is 0 Å². The molecule has 0 aromatic carbocycles. The van der Waals surface area contributed by atoms with E-state index < -0.39 is 17.8 Å². The van der Waals surface area contributed by atoms with Gasteiger partial charge in [0, 0.05) is 13.1 Å². The summed E-state index contributed by atoms with van der Waals surface area (Å²) in [6.45, 7) is -0.0288. The molecule has 0 aromatic heterocycles. The normalized spacial score (nSPS) is 31.5. The number of alkyl halides is 3. The second-order valence-corrected chi connectivity index (χ2v) is 2.39. The van der Waals surface area contributed by atoms with E-state index in [4.69, 9.17) is 5.11 Å². The van der Waals surface area contributed by atoms with Crippen LogP contribution in [0.2, 0.25) is 0 Å². The first-order chi connectivity index (χ1) is 5.38. The van der Waals surface area contributed by atoms with E-state index in [0.717, 1.165) is 0 Å². The minimum absolute atomic E-state index is 0.0806. The molecule has 1 heterocycles. The van der Waals surface area contributed by atoms with E-state index in [2.05, 4.69) is 0 Å². The number of carbonyl (C=O) groups excluding carboxylic acids is 1. The fourth-order valence-electron chi connectivity index (χ4n) is 0.857. The van der Waals surface area contributed by atoms with Crippen molar-refractivity contribution in [2.24, 2.45) is 0 Å². The minimum Gasteiger partial charge on any atom is -0.360 e. The summed E-state index contributed by atoms with van der Waals surface area (Å²) in [4.78, 5) is 10.6. The molecule has 1 atom stereocenters. The zero-order valence-electron chi connectivity index (χ0n) is 5.90. The van der Waals surface area contributed by atoms with Crippen LogP contribution in [0.4, 0.5) is 13.2 Å². The van der Waals surface area contributed by atoms with Gasteiger partial charge in [0.05, 0.1) is 0 Å². The number of amides is 1. The molecule has 0 radical (unpaired) electrons. The smallest absolute Gasteiger partial charge is 0.360 e. The quantitative estimate of drug-likeness (QED) is 0.450. The van der Waals surface area contributed by atoms with Crippen molar-refractivity contribution in [3.63, 3.8) is 0 Å². The van der Waals surface area contributed by atoms with Crippen molar-refractivity contribution in [3.05, 3.63) is 0 Å². The van der Waals surface area contributed by atoms with E-state index in [-0.39, 0.29) is 13.1 Å². The molecule has 1 aliphatic rings. The highest BCUT2D eigenvalue weighted by molar-refractivity contribution is 5.86. The number of nitrogens with one attached hydrogen (secondary N) is 2. The number of hydrogen-bond acceptors (Lipinski definition) is 3. The Balaban J connectivity index is 2.87. The van der Waals surface area contributed by atoms with Crippen molar-refractivity contribution < 1.29 is 23.1 Å². The predicted molar refractivity (Wildman–Crippen MR) is 32.0 cm³/mol. The van der Waals surface area contributed by atoms with Crippen molar-refractivity contribution in [2.45, 2.75) is 11.9 Å². The summed E-state index contributed by atoms with van der Waals surface area (Å²) in [6.07, 6.45) is -4.99. The third-order valence-electron chi connectivity index (χ3n) is 1.53. The molecule has 70 valence electrons. The second kappa shape index (κ2) is 2.60. The summed E-state index contributed by atoms with van der Waals surface area (Å²) in [5, 5.41) is 12.4. The highest BCUT2D eigenvalue weighted by atomic mass is 19.4. The van der Waals surface area contributed by atoms with Crippen molar-refractivity contribution in [1.82, 2.24) is 10.6 Å². The Labute approximate surface area is 65.7 Å². The Bertz CT molecular complexity index is 205. The predicted octanol–water partition coefficient (Wildman–Crippen LogP) is -1.04. The molecule has 0 aliphatic carbocycles. The molecule has 7 heteroatoms. The van der Waals surface area contributed by atoms with Crippen molar-refractivity contribution >= 4 is 5.91 Å². The molecule has 12 heavy (non-hydrogen) atoms. The van der Waals surface area contributed by atoms with Gasteiger partial charge in [-0.2, -0.15) is 13.2 Å². The van der Waals surface area contributed by atoms with Crippen LogP contribution in [0, 0.1) is 0 Å². The van der Waals surface area contributed by atoms with Crippen LogP contribution in [-0.2, 0) is 4.79 Å². The van der Waals surface area contributed by atoms with Gasteiger partial charge in [-0.05, 0) is 0 Å². The van der Waals surface area contributed by atoms with Crippen LogP contribution in [0.3, 0.4) is 0 Å². The van der Waals surface area contributed by atoms with E-state index in [0.29, 0.717) is 0 Å². The van der Waals surface area contributed by atoms with Gasteiger partial charge in [-0.1, -0.05) is 0 Å². The first-order valence-corrected chi connectivity index (χ1v) is 3.20. The lowest BCUT2D eigenvalue weighted by atomic mass is 10.1. The minimum atomic E-state index is -4.99. The van der Waals surface area contributed by atoms with E-state index in [1.165, 1.54) is 0 Å². The zero-order chi connectivity index (χ0) is 9.41. The topological polar surface area (TPSA) is 61.4 Å². The number of hydrogen-bond donors (Lipinski definition) is 3. The zero-order valence-corrected chi connectivity index (χ0v) is 5.90. The van der Waals surface area contributed by atoms with Gasteiger partial charge >= 0.3 is 6.18 Å². The van der Waals surface area contributed by atoms with Crippen LogP contribution in [0.15, 0.2) is 0 Å². The number of halogens is 3. The fourth-order valence-corrected chi connectivity index (χ4v) is 0.857. The Morgan fingerprint density at radius 3 is 2.33 bits per heavy atom. The summed E-state index contributed by atoms with van der Waals surface area (Å²) in [6, 6.07) is 0. The Hall–Kier alpha value is -0.820. The van der Waals surface area contributed by atoms with Gasteiger partial charge in [-0.3, -0.25) is 10.1 Å². The monoisotopic (exact) mass is 184 g/mol. The second-order valence-electron chi connectivity index (χ2n) is 2.39. The summed E-state index contributed by atoms with van der Waals surface area (Å²) in [5.74, 6) is -1.46. The third-order valence-corrected chi connectivity index (χ3v) is 1.53. The molecule has 1 aliphatic heterocycles. The molecule has 0 spiro atoms. The molecular weight excluding hydrogens is 177 g/mol. The van der Waals surface area contributed by atoms with Gasteiger partial charge in [-0.25, -0.2) is 0 Å². The van der Waals surface area contributed by atoms with E-state index in [1.54, 1.807) is 5.32 Å². The molecular formula is C5H7F3N2O2. The average Bonchev–Trinajstić information content (AvgIpc) is 1.93. The molecule has 1 amide bonds. The Kier molecular flexibility index (Phi) is 2.01. The maximum absolute atomic E-state index is 12.0. The molecule has 1 fully saturated rings. The highest BCUT2D eigenvalue weighted by Crippen LogP contribution is 2.28. The number of rotatable bonds is 0. The molecule has 0 unspecified atom stereocenters. The summed E-state index contributed by atoms with van der Waals surface area (Å²) >= 11 is 0. The molecule has 3 N–H and O–H groups in total. The van der Waals surface area contributed by atoms with E-state index >= 15 is 0 Å².